The molecule has 2 aromatic rings. The molecule has 0 amide bonds. The van der Waals surface area contributed by atoms with Gasteiger partial charge >= 0.3 is 29.6 Å². The van der Waals surface area contributed by atoms with Crippen LogP contribution in [0.4, 0.5) is 0 Å². The van der Waals surface area contributed by atoms with E-state index in [1.165, 1.54) is 140 Å². The molecule has 2 heteroatoms. The van der Waals surface area contributed by atoms with Crippen LogP contribution in [0.5, 0.6) is 11.5 Å². The second kappa shape index (κ2) is 25.2. The largest absolute Gasteiger partial charge is 1.00 e. The summed E-state index contributed by atoms with van der Waals surface area (Å²) < 4.78 is 6.53. The van der Waals surface area contributed by atoms with Crippen molar-refractivity contribution in [1.82, 2.24) is 0 Å². The van der Waals surface area contributed by atoms with Crippen LogP contribution in [0.3, 0.4) is 0 Å². The van der Waals surface area contributed by atoms with Crippen molar-refractivity contribution in [2.45, 2.75) is 155 Å². The van der Waals surface area contributed by atoms with Gasteiger partial charge in [0, 0.05) is 0 Å². The fourth-order valence-electron chi connectivity index (χ4n) is 5.34. The van der Waals surface area contributed by atoms with Crippen LogP contribution in [-0.4, -0.2) is 0 Å². The van der Waals surface area contributed by atoms with Crippen LogP contribution in [0.15, 0.2) is 48.5 Å². The Morgan fingerprint density at radius 1 is 0.421 bits per heavy atom. The Bertz CT molecular complexity index is 728. The molecule has 0 saturated carbocycles. The van der Waals surface area contributed by atoms with E-state index < -0.39 is 0 Å². The van der Waals surface area contributed by atoms with E-state index in [-0.39, 0.29) is 31.0 Å². The molecule has 0 aliphatic carbocycles. The van der Waals surface area contributed by atoms with Gasteiger partial charge in [-0.15, -0.1) is 0 Å². The average molecular weight is 531 g/mol. The van der Waals surface area contributed by atoms with Gasteiger partial charge in [-0.3, -0.25) is 0 Å². The van der Waals surface area contributed by atoms with Crippen molar-refractivity contribution in [2.24, 2.45) is 0 Å². The summed E-state index contributed by atoms with van der Waals surface area (Å²) in [6.07, 6.45) is 29.9. The molecule has 0 spiro atoms. The van der Waals surface area contributed by atoms with Crippen molar-refractivity contribution in [2.75, 3.05) is 0 Å². The summed E-state index contributed by atoms with van der Waals surface area (Å²) in [5.74, 6) is 2.10. The maximum Gasteiger partial charge on any atom is 1.00 e. The summed E-state index contributed by atoms with van der Waals surface area (Å²) >= 11 is 0. The van der Waals surface area contributed by atoms with Gasteiger partial charge in [0.2, 0.25) is 0 Å². The second-order valence-corrected chi connectivity index (χ2v) is 11.2. The van der Waals surface area contributed by atoms with E-state index in [1.807, 2.05) is 0 Å². The fraction of sp³-hybridized carbons (Fsp3) is 0.667. The van der Waals surface area contributed by atoms with Gasteiger partial charge in [0.15, 0.2) is 0 Å². The molecule has 0 unspecified atom stereocenters. The van der Waals surface area contributed by atoms with Gasteiger partial charge in [0.05, 0.1) is 0 Å². The minimum atomic E-state index is 0. The van der Waals surface area contributed by atoms with Crippen LogP contribution in [-0.2, 0) is 12.8 Å². The summed E-state index contributed by atoms with van der Waals surface area (Å²) in [6.45, 7) is 4.59. The van der Waals surface area contributed by atoms with Gasteiger partial charge < -0.3 is 6.16 Å². The zero-order valence-corrected chi connectivity index (χ0v) is 27.6. The van der Waals surface area contributed by atoms with E-state index in [0.717, 1.165) is 24.3 Å². The number of hydrogen-bond donors (Lipinski definition) is 0. The molecule has 0 atom stereocenters. The number of aryl methyl sites for hydroxylation is 2. The predicted octanol–water partition coefficient (Wildman–Crippen LogP) is 9.52. The second-order valence-electron chi connectivity index (χ2n) is 11.2. The van der Waals surface area contributed by atoms with Crippen LogP contribution >= 0.6 is 0 Å². The van der Waals surface area contributed by atoms with Gasteiger partial charge in [-0.1, -0.05) is 166 Å². The smallest absolute Gasteiger partial charge is 1.00 e. The minimum absolute atomic E-state index is 0. The Hall–Kier alpha value is -0.760. The van der Waals surface area contributed by atoms with E-state index in [9.17, 15) is 0 Å². The van der Waals surface area contributed by atoms with E-state index in [2.05, 4.69) is 62.4 Å². The Labute approximate surface area is 260 Å². The molecule has 0 aromatic heterocycles. The zero-order valence-electron chi connectivity index (χ0n) is 26.6. The third-order valence-electron chi connectivity index (χ3n) is 7.76. The molecular weight excluding hydrogens is 471 g/mol. The van der Waals surface area contributed by atoms with Crippen molar-refractivity contribution in [3.8, 4) is 11.5 Å². The van der Waals surface area contributed by atoms with Crippen molar-refractivity contribution < 1.29 is 35.7 Å². The van der Waals surface area contributed by atoms with Gasteiger partial charge in [0.1, 0.15) is 11.5 Å². The molecule has 0 N–H and O–H groups in total. The first kappa shape index (κ1) is 35.3. The molecule has 0 radical (unpaired) electrons. The molecule has 0 saturated heterocycles. The Morgan fingerprint density at radius 2 is 0.711 bits per heavy atom. The molecule has 0 fully saturated rings. The zero-order chi connectivity index (χ0) is 26.2. The number of hydrogen-bond acceptors (Lipinski definition) is 1. The van der Waals surface area contributed by atoms with Crippen LogP contribution in [0.25, 0.3) is 0 Å². The molecule has 38 heavy (non-hydrogen) atoms. The van der Waals surface area contributed by atoms with Crippen molar-refractivity contribution >= 4 is 0 Å². The molecule has 0 bridgehead atoms. The quantitative estimate of drug-likeness (QED) is 0.0970. The maximum absolute atomic E-state index is 6.53. The monoisotopic (exact) mass is 530 g/mol. The van der Waals surface area contributed by atoms with Crippen LogP contribution in [0.1, 0.15) is 155 Å². The van der Waals surface area contributed by atoms with Crippen molar-refractivity contribution in [1.29, 1.82) is 0 Å². The summed E-state index contributed by atoms with van der Waals surface area (Å²) in [5.41, 5.74) is 2.71. The normalized spacial score (nSPS) is 10.9. The molecule has 0 heterocycles. The molecule has 2 aromatic carbocycles. The summed E-state index contributed by atoms with van der Waals surface area (Å²) in [4.78, 5) is 0. The molecule has 210 valence electrons. The van der Waals surface area contributed by atoms with Crippen molar-refractivity contribution in [3.63, 3.8) is 0 Å². The van der Waals surface area contributed by atoms with E-state index in [1.54, 1.807) is 0 Å². The van der Waals surface area contributed by atoms with Gasteiger partial charge in [0.25, 0.3) is 0 Å². The molecule has 0 aliphatic heterocycles. The first-order valence-corrected chi connectivity index (χ1v) is 16.2. The number of para-hydroxylation sites is 2. The topological polar surface area (TPSA) is 9.23 Å². The Kier molecular flexibility index (Phi) is 23.4. The van der Waals surface area contributed by atoms with Crippen molar-refractivity contribution in [3.05, 3.63) is 59.7 Å². The number of benzene rings is 2. The maximum atomic E-state index is 6.53. The Balaban J connectivity index is 0.00000722. The van der Waals surface area contributed by atoms with Gasteiger partial charge in [-0.05, 0) is 48.9 Å². The molecule has 1 nitrogen and oxygen atoms in total. The van der Waals surface area contributed by atoms with E-state index >= 15 is 0 Å². The summed E-state index contributed by atoms with van der Waals surface area (Å²) in [7, 11) is 0. The fourth-order valence-corrected chi connectivity index (χ4v) is 5.34. The summed E-state index contributed by atoms with van der Waals surface area (Å²) in [6, 6.07) is 17.4. The first-order chi connectivity index (χ1) is 18.3. The van der Waals surface area contributed by atoms with E-state index in [0.29, 0.717) is 0 Å². The number of ether oxygens (including phenoxy) is 1. The minimum Gasteiger partial charge on any atom is -1.00 e. The summed E-state index contributed by atoms with van der Waals surface area (Å²) in [5, 5.41) is 0. The number of unbranched alkanes of at least 4 members (excludes halogenated alkanes) is 18. The molecule has 2 rings (SSSR count). The third kappa shape index (κ3) is 17.0. The number of rotatable bonds is 24. The molecule has 0 aliphatic rings. The van der Waals surface area contributed by atoms with Crippen LogP contribution in [0, 0.1) is 0 Å². The first-order valence-electron chi connectivity index (χ1n) is 16.2. The predicted molar refractivity (Wildman–Crippen MR) is 165 cm³/mol. The SMILES string of the molecule is CCCCCCCCCCCCc1ccccc1Oc1ccccc1CCCCCCCCCCCC.[H-].[Na+]. The van der Waals surface area contributed by atoms with Crippen LogP contribution in [0.2, 0.25) is 0 Å². The van der Waals surface area contributed by atoms with Crippen LogP contribution < -0.4 is 34.3 Å². The standard InChI is InChI=1S/C36H58O.Na.H/c1-3-5-7-9-11-13-15-17-19-21-27-33-29-23-25-31-35(33)37-36-32-26-24-30-34(36)28-22-20-18-16-14-12-10-8-6-4-2;;/h23-26,29-32H,3-22,27-28H2,1-2H3;;/q;+1;-1. The van der Waals surface area contributed by atoms with Gasteiger partial charge in [-0.25, -0.2) is 0 Å². The Morgan fingerprint density at radius 3 is 1.05 bits per heavy atom. The van der Waals surface area contributed by atoms with E-state index in [4.69, 9.17) is 4.74 Å². The third-order valence-corrected chi connectivity index (χ3v) is 7.76. The van der Waals surface area contributed by atoms with Gasteiger partial charge in [-0.2, -0.15) is 0 Å². The average Bonchev–Trinajstić information content (AvgIpc) is 2.92. The molecular formula is C36H59NaO.